The van der Waals surface area contributed by atoms with E-state index in [1.165, 1.54) is 18.0 Å². The second-order valence-electron chi connectivity index (χ2n) is 3.40. The van der Waals surface area contributed by atoms with Gasteiger partial charge in [-0.25, -0.2) is 4.68 Å². The Morgan fingerprint density at radius 2 is 2.18 bits per heavy atom. The zero-order chi connectivity index (χ0) is 12.3. The lowest BCUT2D eigenvalue weighted by atomic mass is 10.2. The first kappa shape index (κ1) is 11.1. The minimum Gasteiger partial charge on any atom is -0.469 e. The summed E-state index contributed by atoms with van der Waals surface area (Å²) in [4.78, 5) is 26.9. The van der Waals surface area contributed by atoms with Crippen LogP contribution in [-0.4, -0.2) is 27.8 Å². The average Bonchev–Trinajstić information content (AvgIpc) is 2.72. The summed E-state index contributed by atoms with van der Waals surface area (Å²) < 4.78 is 5.86. The normalized spacial score (nSPS) is 10.2. The topological polar surface area (TPSA) is 77.0 Å². The Kier molecular flexibility index (Phi) is 3.04. The molecule has 1 N–H and O–H groups in total. The van der Waals surface area contributed by atoms with E-state index in [-0.39, 0.29) is 12.0 Å². The van der Waals surface area contributed by atoms with Gasteiger partial charge in [-0.15, -0.1) is 0 Å². The van der Waals surface area contributed by atoms with Gasteiger partial charge in [0.05, 0.1) is 19.2 Å². The van der Waals surface area contributed by atoms with Crippen molar-refractivity contribution in [2.75, 3.05) is 7.11 Å². The number of carbonyl (C=O) groups excluding carboxylic acids is 1. The van der Waals surface area contributed by atoms with Gasteiger partial charge < -0.3 is 4.74 Å². The number of carbonyl (C=O) groups is 1. The number of nitrogens with one attached hydrogen (secondary N) is 1. The maximum absolute atomic E-state index is 11.9. The second kappa shape index (κ2) is 4.65. The number of H-pyrrole nitrogens is 1. The number of hydrogen-bond donors (Lipinski definition) is 1. The van der Waals surface area contributed by atoms with Crippen LogP contribution in [0.3, 0.4) is 0 Å². The van der Waals surface area contributed by atoms with E-state index in [9.17, 15) is 9.59 Å². The van der Waals surface area contributed by atoms with E-state index in [1.807, 2.05) is 0 Å². The van der Waals surface area contributed by atoms with Gasteiger partial charge in [0.15, 0.2) is 0 Å². The second-order valence-corrected chi connectivity index (χ2v) is 3.40. The fraction of sp³-hybridized carbons (Fsp3) is 0.182. The number of ether oxygens (including phenoxy) is 1. The van der Waals surface area contributed by atoms with Crippen molar-refractivity contribution in [3.63, 3.8) is 0 Å². The molecular formula is C11H11N3O3. The summed E-state index contributed by atoms with van der Waals surface area (Å²) >= 11 is 0. The molecule has 6 heteroatoms. The number of rotatable bonds is 3. The Bertz CT molecular complexity index is 571. The van der Waals surface area contributed by atoms with E-state index in [4.69, 9.17) is 0 Å². The lowest BCUT2D eigenvalue weighted by Crippen LogP contribution is -2.19. The van der Waals surface area contributed by atoms with Crippen LogP contribution in [0.5, 0.6) is 0 Å². The summed E-state index contributed by atoms with van der Waals surface area (Å²) in [5.74, 6) is -0.442. The van der Waals surface area contributed by atoms with Gasteiger partial charge in [-0.2, -0.15) is 0 Å². The maximum Gasteiger partial charge on any atom is 0.310 e. The smallest absolute Gasteiger partial charge is 0.310 e. The molecule has 0 fully saturated rings. The van der Waals surface area contributed by atoms with Crippen LogP contribution in [0.15, 0.2) is 35.5 Å². The highest BCUT2D eigenvalue weighted by Gasteiger charge is 2.11. The van der Waals surface area contributed by atoms with Crippen molar-refractivity contribution in [2.45, 2.75) is 6.42 Å². The molecule has 0 bridgehead atoms. The molecule has 6 nitrogen and oxygen atoms in total. The summed E-state index contributed by atoms with van der Waals surface area (Å²) in [6, 6.07) is 3.39. The molecule has 17 heavy (non-hydrogen) atoms. The SMILES string of the molecule is COC(=O)Cc1c[nH]n(-c2ccncc2)c1=O. The number of nitrogens with zero attached hydrogens (tertiary/aromatic N) is 2. The highest BCUT2D eigenvalue weighted by atomic mass is 16.5. The van der Waals surface area contributed by atoms with E-state index in [0.29, 0.717) is 11.3 Å². The average molecular weight is 233 g/mol. The van der Waals surface area contributed by atoms with Crippen LogP contribution in [0, 0.1) is 0 Å². The number of methoxy groups -OCH3 is 1. The molecule has 2 aromatic rings. The van der Waals surface area contributed by atoms with Crippen molar-refractivity contribution in [3.8, 4) is 5.69 Å². The number of aromatic nitrogens is 3. The number of esters is 1. The molecule has 88 valence electrons. The van der Waals surface area contributed by atoms with Gasteiger partial charge in [0.25, 0.3) is 5.56 Å². The van der Waals surface area contributed by atoms with E-state index in [1.54, 1.807) is 24.5 Å². The Hall–Kier alpha value is -2.37. The van der Waals surface area contributed by atoms with Crippen molar-refractivity contribution in [1.82, 2.24) is 14.8 Å². The molecule has 2 aromatic heterocycles. The standard InChI is InChI=1S/C11H11N3O3/c1-17-10(15)6-8-7-13-14(11(8)16)9-2-4-12-5-3-9/h2-5,7,13H,6H2,1H3. The molecule has 0 radical (unpaired) electrons. The van der Waals surface area contributed by atoms with Crippen molar-refractivity contribution in [1.29, 1.82) is 0 Å². The van der Waals surface area contributed by atoms with E-state index in [0.717, 1.165) is 0 Å². The van der Waals surface area contributed by atoms with Crippen LogP contribution in [-0.2, 0) is 16.0 Å². The Morgan fingerprint density at radius 3 is 2.82 bits per heavy atom. The van der Waals surface area contributed by atoms with Crippen LogP contribution in [0.25, 0.3) is 5.69 Å². The molecule has 0 aromatic carbocycles. The predicted molar refractivity (Wildman–Crippen MR) is 59.9 cm³/mol. The molecule has 0 spiro atoms. The van der Waals surface area contributed by atoms with Crippen LogP contribution >= 0.6 is 0 Å². The van der Waals surface area contributed by atoms with Crippen LogP contribution in [0.2, 0.25) is 0 Å². The molecular weight excluding hydrogens is 222 g/mol. The number of aromatic amines is 1. The maximum atomic E-state index is 11.9. The minimum absolute atomic E-state index is 0.0378. The van der Waals surface area contributed by atoms with Gasteiger partial charge in [0.2, 0.25) is 0 Å². The molecule has 0 aliphatic heterocycles. The highest BCUT2D eigenvalue weighted by molar-refractivity contribution is 5.72. The molecule has 2 rings (SSSR count). The van der Waals surface area contributed by atoms with Crippen molar-refractivity contribution >= 4 is 5.97 Å². The summed E-state index contributed by atoms with van der Waals surface area (Å²) in [7, 11) is 1.29. The highest BCUT2D eigenvalue weighted by Crippen LogP contribution is 2.02. The molecule has 0 aliphatic rings. The summed E-state index contributed by atoms with van der Waals surface area (Å²) in [6.45, 7) is 0. The monoisotopic (exact) mass is 233 g/mol. The Labute approximate surface area is 96.8 Å². The molecule has 0 atom stereocenters. The van der Waals surface area contributed by atoms with Gasteiger partial charge in [0.1, 0.15) is 0 Å². The van der Waals surface area contributed by atoms with Crippen molar-refractivity contribution in [2.24, 2.45) is 0 Å². The van der Waals surface area contributed by atoms with Gasteiger partial charge in [-0.1, -0.05) is 0 Å². The van der Waals surface area contributed by atoms with Crippen LogP contribution in [0.1, 0.15) is 5.56 Å². The fourth-order valence-corrected chi connectivity index (χ4v) is 1.45. The third-order valence-corrected chi connectivity index (χ3v) is 2.33. The first-order chi connectivity index (χ1) is 8.22. The molecule has 0 saturated carbocycles. The summed E-state index contributed by atoms with van der Waals surface area (Å²) in [5, 5.41) is 2.79. The largest absolute Gasteiger partial charge is 0.469 e. The fourth-order valence-electron chi connectivity index (χ4n) is 1.45. The quantitative estimate of drug-likeness (QED) is 0.772. The summed E-state index contributed by atoms with van der Waals surface area (Å²) in [5.41, 5.74) is 0.774. The van der Waals surface area contributed by atoms with E-state index in [2.05, 4.69) is 14.8 Å². The van der Waals surface area contributed by atoms with Crippen molar-refractivity contribution in [3.05, 3.63) is 46.6 Å². The Morgan fingerprint density at radius 1 is 1.47 bits per heavy atom. The zero-order valence-corrected chi connectivity index (χ0v) is 9.21. The number of hydrogen-bond acceptors (Lipinski definition) is 4. The molecule has 0 aliphatic carbocycles. The molecule has 0 unspecified atom stereocenters. The first-order valence-electron chi connectivity index (χ1n) is 4.99. The van der Waals surface area contributed by atoms with Crippen LogP contribution < -0.4 is 5.56 Å². The Balaban J connectivity index is 2.34. The van der Waals surface area contributed by atoms with Gasteiger partial charge >= 0.3 is 5.97 Å². The third-order valence-electron chi connectivity index (χ3n) is 2.33. The van der Waals surface area contributed by atoms with Gasteiger partial charge in [-0.05, 0) is 12.1 Å². The lowest BCUT2D eigenvalue weighted by Gasteiger charge is -1.99. The van der Waals surface area contributed by atoms with Gasteiger partial charge in [-0.3, -0.25) is 19.7 Å². The van der Waals surface area contributed by atoms with Crippen LogP contribution in [0.4, 0.5) is 0 Å². The third kappa shape index (κ3) is 2.25. The predicted octanol–water partition coefficient (Wildman–Crippen LogP) is 0.276. The van der Waals surface area contributed by atoms with Crippen molar-refractivity contribution < 1.29 is 9.53 Å². The molecule has 2 heterocycles. The minimum atomic E-state index is -0.442. The molecule has 0 saturated heterocycles. The molecule has 0 amide bonds. The number of pyridine rings is 1. The first-order valence-corrected chi connectivity index (χ1v) is 4.99. The lowest BCUT2D eigenvalue weighted by molar-refractivity contribution is -0.139. The van der Waals surface area contributed by atoms with Gasteiger partial charge in [0, 0.05) is 24.2 Å². The summed E-state index contributed by atoms with van der Waals surface area (Å²) in [6.07, 6.45) is 4.63. The zero-order valence-electron chi connectivity index (χ0n) is 9.21. The van der Waals surface area contributed by atoms with E-state index >= 15 is 0 Å². The van der Waals surface area contributed by atoms with E-state index < -0.39 is 5.97 Å².